The van der Waals surface area contributed by atoms with Gasteiger partial charge >= 0.3 is 12.0 Å². The van der Waals surface area contributed by atoms with Crippen molar-refractivity contribution in [3.8, 4) is 0 Å². The molecule has 1 aromatic carbocycles. The first-order chi connectivity index (χ1) is 12.7. The smallest absolute Gasteiger partial charge is 0.327 e. The summed E-state index contributed by atoms with van der Waals surface area (Å²) in [5.41, 5.74) is 0.653. The van der Waals surface area contributed by atoms with Gasteiger partial charge in [-0.15, -0.1) is 0 Å². The number of nitrogens with zero attached hydrogens (tertiary/aromatic N) is 1. The molecular formula is C19H25N3O5. The van der Waals surface area contributed by atoms with E-state index in [1.165, 1.54) is 6.92 Å². The van der Waals surface area contributed by atoms with Crippen molar-refractivity contribution >= 4 is 29.5 Å². The number of ether oxygens (including phenoxy) is 1. The summed E-state index contributed by atoms with van der Waals surface area (Å²) in [4.78, 5) is 49.6. The summed E-state index contributed by atoms with van der Waals surface area (Å²) in [5, 5.41) is 5.28. The molecule has 1 aliphatic rings. The van der Waals surface area contributed by atoms with Gasteiger partial charge in [0.1, 0.15) is 12.1 Å². The molecule has 0 radical (unpaired) electrons. The van der Waals surface area contributed by atoms with Gasteiger partial charge in [0, 0.05) is 5.69 Å². The molecule has 146 valence electrons. The van der Waals surface area contributed by atoms with Crippen molar-refractivity contribution in [3.05, 3.63) is 29.8 Å². The summed E-state index contributed by atoms with van der Waals surface area (Å²) in [6.07, 6.45) is -0.217. The van der Waals surface area contributed by atoms with Crippen molar-refractivity contribution in [2.75, 3.05) is 11.9 Å². The lowest BCUT2D eigenvalue weighted by molar-refractivity contribution is -0.155. The Labute approximate surface area is 158 Å². The first-order valence-electron chi connectivity index (χ1n) is 8.93. The Balaban J connectivity index is 1.92. The van der Waals surface area contributed by atoms with E-state index in [0.29, 0.717) is 18.5 Å². The van der Waals surface area contributed by atoms with Crippen LogP contribution < -0.4 is 10.6 Å². The van der Waals surface area contributed by atoms with E-state index in [0.717, 1.165) is 10.5 Å². The number of anilines is 1. The van der Waals surface area contributed by atoms with E-state index in [-0.39, 0.29) is 0 Å². The number of rotatable bonds is 7. The van der Waals surface area contributed by atoms with Crippen LogP contribution in [-0.4, -0.2) is 46.9 Å². The standard InChI is InChI=1S/C19H25N3O5/c1-5-19(6-2)17(25)22(18(26)21-19)11-15(23)27-13(4)16(24)20-14-9-7-12(3)8-10-14/h7-10,13H,5-6,11H2,1-4H3,(H,20,24)(H,21,26)/t13-/m0/s1. The second-order valence-electron chi connectivity index (χ2n) is 6.60. The van der Waals surface area contributed by atoms with Gasteiger partial charge in [-0.1, -0.05) is 31.5 Å². The molecule has 1 atom stereocenters. The van der Waals surface area contributed by atoms with Gasteiger partial charge in [-0.3, -0.25) is 19.3 Å². The highest BCUT2D eigenvalue weighted by Gasteiger charge is 2.49. The number of hydrogen-bond donors (Lipinski definition) is 2. The minimum absolute atomic E-state index is 0.426. The molecule has 1 saturated heterocycles. The van der Waals surface area contributed by atoms with Gasteiger partial charge < -0.3 is 15.4 Å². The third-order valence-electron chi connectivity index (χ3n) is 4.74. The lowest BCUT2D eigenvalue weighted by atomic mass is 9.93. The van der Waals surface area contributed by atoms with E-state index in [1.54, 1.807) is 26.0 Å². The van der Waals surface area contributed by atoms with Gasteiger partial charge in [-0.2, -0.15) is 0 Å². The van der Waals surface area contributed by atoms with E-state index in [9.17, 15) is 19.2 Å². The van der Waals surface area contributed by atoms with Crippen LogP contribution in [0.15, 0.2) is 24.3 Å². The maximum Gasteiger partial charge on any atom is 0.327 e. The molecule has 27 heavy (non-hydrogen) atoms. The number of aryl methyl sites for hydroxylation is 1. The molecular weight excluding hydrogens is 350 g/mol. The number of imide groups is 1. The lowest BCUT2D eigenvalue weighted by Crippen LogP contribution is -2.46. The summed E-state index contributed by atoms with van der Waals surface area (Å²) in [5.74, 6) is -1.78. The van der Waals surface area contributed by atoms with E-state index < -0.39 is 42.0 Å². The molecule has 1 heterocycles. The molecule has 0 bridgehead atoms. The fraction of sp³-hybridized carbons (Fsp3) is 0.474. The number of esters is 1. The summed E-state index contributed by atoms with van der Waals surface area (Å²) in [7, 11) is 0. The van der Waals surface area contributed by atoms with Crippen LogP contribution >= 0.6 is 0 Å². The zero-order chi connectivity index (χ0) is 20.2. The Hall–Kier alpha value is -2.90. The number of hydrogen-bond acceptors (Lipinski definition) is 5. The Morgan fingerprint density at radius 3 is 2.30 bits per heavy atom. The van der Waals surface area contributed by atoms with Crippen LogP contribution in [0.5, 0.6) is 0 Å². The van der Waals surface area contributed by atoms with Crippen LogP contribution in [0, 0.1) is 6.92 Å². The average molecular weight is 375 g/mol. The van der Waals surface area contributed by atoms with Crippen LogP contribution in [0.1, 0.15) is 39.2 Å². The largest absolute Gasteiger partial charge is 0.451 e. The highest BCUT2D eigenvalue weighted by atomic mass is 16.5. The SMILES string of the molecule is CCC1(CC)NC(=O)N(CC(=O)O[C@@H](C)C(=O)Nc2ccc(C)cc2)C1=O. The molecule has 0 unspecified atom stereocenters. The third-order valence-corrected chi connectivity index (χ3v) is 4.74. The highest BCUT2D eigenvalue weighted by Crippen LogP contribution is 2.24. The van der Waals surface area contributed by atoms with Gasteiger partial charge in [-0.05, 0) is 38.8 Å². The monoisotopic (exact) mass is 375 g/mol. The molecule has 1 fully saturated rings. The zero-order valence-corrected chi connectivity index (χ0v) is 16.0. The van der Waals surface area contributed by atoms with Crippen molar-refractivity contribution in [2.45, 2.75) is 52.2 Å². The Kier molecular flexibility index (Phi) is 6.20. The predicted molar refractivity (Wildman–Crippen MR) is 98.9 cm³/mol. The van der Waals surface area contributed by atoms with E-state index in [4.69, 9.17) is 4.74 Å². The number of carbonyl (C=O) groups is 4. The number of amides is 4. The van der Waals surface area contributed by atoms with Crippen molar-refractivity contribution in [1.29, 1.82) is 0 Å². The van der Waals surface area contributed by atoms with E-state index in [1.807, 2.05) is 19.1 Å². The number of nitrogens with one attached hydrogen (secondary N) is 2. The Morgan fingerprint density at radius 1 is 1.19 bits per heavy atom. The first-order valence-corrected chi connectivity index (χ1v) is 8.93. The molecule has 0 spiro atoms. The normalized spacial score (nSPS) is 16.7. The second kappa shape index (κ2) is 8.20. The van der Waals surface area contributed by atoms with E-state index in [2.05, 4.69) is 10.6 Å². The fourth-order valence-electron chi connectivity index (χ4n) is 2.85. The van der Waals surface area contributed by atoms with Crippen molar-refractivity contribution in [2.24, 2.45) is 0 Å². The fourth-order valence-corrected chi connectivity index (χ4v) is 2.85. The number of benzene rings is 1. The van der Waals surface area contributed by atoms with Gasteiger partial charge in [0.05, 0.1) is 0 Å². The van der Waals surface area contributed by atoms with Crippen molar-refractivity contribution in [1.82, 2.24) is 10.2 Å². The van der Waals surface area contributed by atoms with Crippen LogP contribution in [0.4, 0.5) is 10.5 Å². The van der Waals surface area contributed by atoms with Gasteiger partial charge in [0.25, 0.3) is 11.8 Å². The highest BCUT2D eigenvalue weighted by molar-refractivity contribution is 6.08. The van der Waals surface area contributed by atoms with Gasteiger partial charge in [0.2, 0.25) is 0 Å². The summed E-state index contributed by atoms with van der Waals surface area (Å²) < 4.78 is 5.08. The molecule has 2 rings (SSSR count). The minimum atomic E-state index is -1.07. The maximum absolute atomic E-state index is 12.5. The summed E-state index contributed by atoms with van der Waals surface area (Å²) in [6.45, 7) is 6.41. The molecule has 1 aliphatic heterocycles. The Bertz CT molecular complexity index is 740. The molecule has 0 aliphatic carbocycles. The zero-order valence-electron chi connectivity index (χ0n) is 16.0. The lowest BCUT2D eigenvalue weighted by Gasteiger charge is -2.23. The van der Waals surface area contributed by atoms with Crippen LogP contribution in [-0.2, 0) is 19.1 Å². The van der Waals surface area contributed by atoms with Crippen LogP contribution in [0.25, 0.3) is 0 Å². The number of carbonyl (C=O) groups excluding carboxylic acids is 4. The number of urea groups is 1. The molecule has 0 aromatic heterocycles. The van der Waals surface area contributed by atoms with E-state index >= 15 is 0 Å². The minimum Gasteiger partial charge on any atom is -0.451 e. The Morgan fingerprint density at radius 2 is 1.78 bits per heavy atom. The second-order valence-corrected chi connectivity index (χ2v) is 6.60. The third kappa shape index (κ3) is 4.45. The summed E-state index contributed by atoms with van der Waals surface area (Å²) >= 11 is 0. The molecule has 1 aromatic rings. The van der Waals surface area contributed by atoms with Crippen molar-refractivity contribution < 1.29 is 23.9 Å². The first kappa shape index (κ1) is 20.4. The molecule has 0 saturated carbocycles. The topological polar surface area (TPSA) is 105 Å². The molecule has 8 nitrogen and oxygen atoms in total. The molecule has 2 N–H and O–H groups in total. The van der Waals surface area contributed by atoms with Gasteiger partial charge in [0.15, 0.2) is 6.10 Å². The van der Waals surface area contributed by atoms with Crippen LogP contribution in [0.2, 0.25) is 0 Å². The maximum atomic E-state index is 12.5. The predicted octanol–water partition coefficient (Wildman–Crippen LogP) is 1.98. The molecule has 8 heteroatoms. The van der Waals surface area contributed by atoms with Crippen molar-refractivity contribution in [3.63, 3.8) is 0 Å². The molecule has 4 amide bonds. The van der Waals surface area contributed by atoms with Gasteiger partial charge in [-0.25, -0.2) is 4.79 Å². The van der Waals surface area contributed by atoms with Crippen LogP contribution in [0.3, 0.4) is 0 Å². The quantitative estimate of drug-likeness (QED) is 0.560. The average Bonchev–Trinajstić information content (AvgIpc) is 2.88. The summed E-state index contributed by atoms with van der Waals surface area (Å²) in [6, 6.07) is 6.54.